The molecule has 166 valence electrons. The molecule has 0 aliphatic carbocycles. The summed E-state index contributed by atoms with van der Waals surface area (Å²) in [4.78, 5) is 29.6. The first-order valence-electron chi connectivity index (χ1n) is 9.99. The van der Waals surface area contributed by atoms with Gasteiger partial charge in [0.05, 0.1) is 17.3 Å². The zero-order chi connectivity index (χ0) is 22.6. The van der Waals surface area contributed by atoms with Crippen molar-refractivity contribution >= 4 is 11.8 Å². The highest BCUT2D eigenvalue weighted by Gasteiger charge is 2.37. The number of alkyl halides is 3. The molecule has 1 saturated heterocycles. The van der Waals surface area contributed by atoms with Crippen LogP contribution in [0.3, 0.4) is 0 Å². The van der Waals surface area contributed by atoms with Crippen LogP contribution in [0.1, 0.15) is 54.6 Å². The minimum Gasteiger partial charge on any atom is -0.352 e. The van der Waals surface area contributed by atoms with Crippen LogP contribution in [-0.2, 0) is 28.7 Å². The van der Waals surface area contributed by atoms with E-state index >= 15 is 0 Å². The van der Waals surface area contributed by atoms with Crippen molar-refractivity contribution in [1.29, 1.82) is 0 Å². The van der Waals surface area contributed by atoms with Crippen LogP contribution in [0, 0.1) is 5.82 Å². The van der Waals surface area contributed by atoms with Crippen LogP contribution < -0.4 is 5.32 Å². The molecule has 5 nitrogen and oxygen atoms in total. The standard InChI is InChI=1S/C22H23F4N3O2/c1-14(30)27-12-16-13-28-19(11-18(16)22(24,25)26)20-3-2-10-29(20)21(31)9-6-15-4-7-17(23)8-5-15/h4-5,7-8,11,13,20H,2-3,6,9-10,12H2,1H3,(H,27,30). The van der Waals surface area contributed by atoms with Crippen LogP contribution in [-0.4, -0.2) is 28.2 Å². The van der Waals surface area contributed by atoms with E-state index in [4.69, 9.17) is 0 Å². The van der Waals surface area contributed by atoms with Crippen molar-refractivity contribution in [3.63, 3.8) is 0 Å². The van der Waals surface area contributed by atoms with E-state index in [1.807, 2.05) is 0 Å². The van der Waals surface area contributed by atoms with E-state index in [-0.39, 0.29) is 35.9 Å². The average Bonchev–Trinajstić information content (AvgIpc) is 3.21. The third-order valence-corrected chi connectivity index (χ3v) is 5.30. The molecular weight excluding hydrogens is 414 g/mol. The maximum atomic E-state index is 13.6. The Morgan fingerprint density at radius 1 is 1.23 bits per heavy atom. The summed E-state index contributed by atoms with van der Waals surface area (Å²) in [6.07, 6.45) is -1.70. The van der Waals surface area contributed by atoms with E-state index < -0.39 is 23.7 Å². The molecule has 1 aliphatic heterocycles. The predicted octanol–water partition coefficient (Wildman–Crippen LogP) is 4.17. The summed E-state index contributed by atoms with van der Waals surface area (Å²) in [5, 5.41) is 2.36. The van der Waals surface area contributed by atoms with Gasteiger partial charge in [-0.3, -0.25) is 14.6 Å². The van der Waals surface area contributed by atoms with E-state index in [0.717, 1.165) is 17.8 Å². The highest BCUT2D eigenvalue weighted by atomic mass is 19.4. The molecule has 1 fully saturated rings. The highest BCUT2D eigenvalue weighted by molar-refractivity contribution is 5.77. The quantitative estimate of drug-likeness (QED) is 0.690. The SMILES string of the molecule is CC(=O)NCc1cnc(C2CCCN2C(=O)CCc2ccc(F)cc2)cc1C(F)(F)F. The molecule has 0 radical (unpaired) electrons. The van der Waals surface area contributed by atoms with Gasteiger partial charge in [0.15, 0.2) is 0 Å². The Labute approximate surface area is 177 Å². The lowest BCUT2D eigenvalue weighted by Gasteiger charge is -2.25. The van der Waals surface area contributed by atoms with Gasteiger partial charge in [-0.25, -0.2) is 4.39 Å². The third kappa shape index (κ3) is 5.80. The summed E-state index contributed by atoms with van der Waals surface area (Å²) in [6, 6.07) is 6.31. The molecule has 1 aromatic carbocycles. The smallest absolute Gasteiger partial charge is 0.352 e. The molecule has 2 amide bonds. The number of aryl methyl sites for hydroxylation is 1. The van der Waals surface area contributed by atoms with Crippen molar-refractivity contribution in [3.05, 3.63) is 64.7 Å². The van der Waals surface area contributed by atoms with Crippen LogP contribution in [0.2, 0.25) is 0 Å². The lowest BCUT2D eigenvalue weighted by atomic mass is 10.0. The molecule has 3 rings (SSSR count). The van der Waals surface area contributed by atoms with Gasteiger partial charge in [0, 0.05) is 38.2 Å². The van der Waals surface area contributed by atoms with Gasteiger partial charge in [0.2, 0.25) is 11.8 Å². The Hall–Kier alpha value is -2.97. The van der Waals surface area contributed by atoms with Crippen LogP contribution >= 0.6 is 0 Å². The Morgan fingerprint density at radius 2 is 1.94 bits per heavy atom. The van der Waals surface area contributed by atoms with Gasteiger partial charge in [0.1, 0.15) is 5.82 Å². The first-order chi connectivity index (χ1) is 14.6. The molecular formula is C22H23F4N3O2. The fourth-order valence-electron chi connectivity index (χ4n) is 3.73. The minimum atomic E-state index is -4.61. The van der Waals surface area contributed by atoms with Gasteiger partial charge in [-0.2, -0.15) is 13.2 Å². The Kier molecular flexibility index (Phi) is 6.92. The van der Waals surface area contributed by atoms with Gasteiger partial charge in [-0.1, -0.05) is 12.1 Å². The van der Waals surface area contributed by atoms with Gasteiger partial charge in [-0.05, 0) is 43.0 Å². The molecule has 0 spiro atoms. The number of aromatic nitrogens is 1. The number of pyridine rings is 1. The van der Waals surface area contributed by atoms with Crippen LogP contribution in [0.5, 0.6) is 0 Å². The van der Waals surface area contributed by atoms with E-state index in [2.05, 4.69) is 10.3 Å². The largest absolute Gasteiger partial charge is 0.416 e. The van der Waals surface area contributed by atoms with Crippen molar-refractivity contribution in [2.45, 2.75) is 51.4 Å². The molecule has 1 unspecified atom stereocenters. The van der Waals surface area contributed by atoms with E-state index in [1.165, 1.54) is 19.1 Å². The molecule has 1 aliphatic rings. The second kappa shape index (κ2) is 9.45. The molecule has 2 aromatic rings. The zero-order valence-corrected chi connectivity index (χ0v) is 17.0. The Balaban J connectivity index is 1.76. The number of rotatable bonds is 6. The molecule has 2 heterocycles. The summed E-state index contributed by atoms with van der Waals surface area (Å²) in [5.74, 6) is -0.974. The second-order valence-electron chi connectivity index (χ2n) is 7.55. The minimum absolute atomic E-state index is 0.126. The number of hydrogen-bond donors (Lipinski definition) is 1. The number of halogens is 4. The topological polar surface area (TPSA) is 62.3 Å². The lowest BCUT2D eigenvalue weighted by molar-refractivity contribution is -0.138. The van der Waals surface area contributed by atoms with Gasteiger partial charge < -0.3 is 10.2 Å². The van der Waals surface area contributed by atoms with E-state index in [1.54, 1.807) is 17.0 Å². The zero-order valence-electron chi connectivity index (χ0n) is 17.0. The van der Waals surface area contributed by atoms with Crippen molar-refractivity contribution in [3.8, 4) is 0 Å². The number of nitrogens with zero attached hydrogens (tertiary/aromatic N) is 2. The number of carbonyl (C=O) groups excluding carboxylic acids is 2. The fourth-order valence-corrected chi connectivity index (χ4v) is 3.73. The van der Waals surface area contributed by atoms with Crippen molar-refractivity contribution in [2.24, 2.45) is 0 Å². The first-order valence-corrected chi connectivity index (χ1v) is 9.99. The number of amides is 2. The Bertz CT molecular complexity index is 945. The number of hydrogen-bond acceptors (Lipinski definition) is 3. The summed E-state index contributed by atoms with van der Waals surface area (Å²) >= 11 is 0. The molecule has 1 N–H and O–H groups in total. The number of carbonyl (C=O) groups is 2. The first kappa shape index (κ1) is 22.7. The molecule has 9 heteroatoms. The van der Waals surface area contributed by atoms with Crippen LogP contribution in [0.4, 0.5) is 17.6 Å². The van der Waals surface area contributed by atoms with Gasteiger partial charge in [0.25, 0.3) is 0 Å². The Morgan fingerprint density at radius 3 is 2.58 bits per heavy atom. The number of likely N-dealkylation sites (tertiary alicyclic amines) is 1. The van der Waals surface area contributed by atoms with Gasteiger partial charge >= 0.3 is 6.18 Å². The highest BCUT2D eigenvalue weighted by Crippen LogP contribution is 2.37. The maximum Gasteiger partial charge on any atom is 0.416 e. The number of nitrogens with one attached hydrogen (secondary N) is 1. The third-order valence-electron chi connectivity index (χ3n) is 5.30. The predicted molar refractivity (Wildman–Crippen MR) is 105 cm³/mol. The fraction of sp³-hybridized carbons (Fsp3) is 0.409. The molecule has 0 bridgehead atoms. The molecule has 31 heavy (non-hydrogen) atoms. The summed E-state index contributed by atoms with van der Waals surface area (Å²) < 4.78 is 53.8. The molecule has 1 aromatic heterocycles. The summed E-state index contributed by atoms with van der Waals surface area (Å²) in [5.41, 5.74) is 0.00679. The van der Waals surface area contributed by atoms with E-state index in [9.17, 15) is 27.2 Å². The average molecular weight is 437 g/mol. The molecule has 1 atom stereocenters. The monoisotopic (exact) mass is 437 g/mol. The van der Waals surface area contributed by atoms with Crippen molar-refractivity contribution in [1.82, 2.24) is 15.2 Å². The number of benzene rings is 1. The second-order valence-corrected chi connectivity index (χ2v) is 7.55. The summed E-state index contributed by atoms with van der Waals surface area (Å²) in [6.45, 7) is 1.40. The summed E-state index contributed by atoms with van der Waals surface area (Å²) in [7, 11) is 0. The van der Waals surface area contributed by atoms with Crippen LogP contribution in [0.25, 0.3) is 0 Å². The van der Waals surface area contributed by atoms with E-state index in [0.29, 0.717) is 25.8 Å². The maximum absolute atomic E-state index is 13.6. The van der Waals surface area contributed by atoms with Crippen molar-refractivity contribution < 1.29 is 27.2 Å². The molecule has 0 saturated carbocycles. The van der Waals surface area contributed by atoms with Crippen LogP contribution in [0.15, 0.2) is 36.5 Å². The lowest BCUT2D eigenvalue weighted by Crippen LogP contribution is -2.31. The normalized spacial score (nSPS) is 16.4. The van der Waals surface area contributed by atoms with Crippen molar-refractivity contribution in [2.75, 3.05) is 6.54 Å². The van der Waals surface area contributed by atoms with Gasteiger partial charge in [-0.15, -0.1) is 0 Å².